The molecule has 2 saturated heterocycles. The summed E-state index contributed by atoms with van der Waals surface area (Å²) in [6.07, 6.45) is -0.895. The van der Waals surface area contributed by atoms with E-state index in [0.29, 0.717) is 11.3 Å². The van der Waals surface area contributed by atoms with Gasteiger partial charge in [0.15, 0.2) is 0 Å². The fraction of sp³-hybridized carbons (Fsp3) is 0.154. The molecule has 0 aromatic heterocycles. The fourth-order valence-corrected chi connectivity index (χ4v) is 5.29. The number of hydrogen-bond donors (Lipinski definition) is 0. The summed E-state index contributed by atoms with van der Waals surface area (Å²) in [4.78, 5) is 55.6. The standard InChI is InChI=1S/C26H17NO5/c28-22-17-13-7-8-14-18(17)23(29)26(22)20-19(21(32-26)15-9-3-1-4-10-15)24(30)27(25(20)31)16-11-5-2-6-12-16/h1-14,19-21H/t19-,20-,21+/m1/s1. The zero-order valence-corrected chi connectivity index (χ0v) is 16.8. The minimum absolute atomic E-state index is 0.225. The highest BCUT2D eigenvalue weighted by Crippen LogP contribution is 2.57. The molecule has 2 amide bonds. The Morgan fingerprint density at radius 3 is 1.78 bits per heavy atom. The number of Topliss-reactive ketones (excluding diaryl/α,β-unsaturated/α-hetero) is 2. The Bertz CT molecular complexity index is 1270. The van der Waals surface area contributed by atoms with Crippen LogP contribution in [0, 0.1) is 11.8 Å². The Morgan fingerprint density at radius 2 is 1.19 bits per heavy atom. The van der Waals surface area contributed by atoms with Crippen molar-refractivity contribution in [2.45, 2.75) is 11.7 Å². The van der Waals surface area contributed by atoms with E-state index in [9.17, 15) is 19.2 Å². The molecule has 1 spiro atoms. The lowest BCUT2D eigenvalue weighted by atomic mass is 9.77. The van der Waals surface area contributed by atoms with Gasteiger partial charge in [-0.25, -0.2) is 4.90 Å². The number of carbonyl (C=O) groups is 4. The van der Waals surface area contributed by atoms with Gasteiger partial charge < -0.3 is 4.74 Å². The van der Waals surface area contributed by atoms with Gasteiger partial charge in [0.25, 0.3) is 0 Å². The molecule has 2 fully saturated rings. The van der Waals surface area contributed by atoms with Crippen molar-refractivity contribution in [3.8, 4) is 0 Å². The van der Waals surface area contributed by atoms with E-state index in [-0.39, 0.29) is 11.1 Å². The molecule has 3 aromatic carbocycles. The summed E-state index contributed by atoms with van der Waals surface area (Å²) < 4.78 is 6.23. The molecule has 0 N–H and O–H groups in total. The SMILES string of the molecule is O=C1[C@H]2[C@H](c3ccccc3)OC3(C(=O)c4ccccc4C3=O)[C@H]2C(=O)N1c1ccccc1. The normalized spacial score (nSPS) is 25.5. The van der Waals surface area contributed by atoms with Crippen molar-refractivity contribution in [2.75, 3.05) is 4.90 Å². The Hall–Kier alpha value is -3.90. The summed E-state index contributed by atoms with van der Waals surface area (Å²) >= 11 is 0. The van der Waals surface area contributed by atoms with Crippen molar-refractivity contribution in [3.63, 3.8) is 0 Å². The van der Waals surface area contributed by atoms with E-state index in [0.717, 1.165) is 4.90 Å². The number of ketones is 2. The molecule has 156 valence electrons. The molecule has 2 heterocycles. The third-order valence-corrected chi connectivity index (χ3v) is 6.66. The van der Waals surface area contributed by atoms with E-state index < -0.39 is 46.9 Å². The van der Waals surface area contributed by atoms with Crippen LogP contribution < -0.4 is 4.90 Å². The third-order valence-electron chi connectivity index (χ3n) is 6.66. The predicted molar refractivity (Wildman–Crippen MR) is 114 cm³/mol. The van der Waals surface area contributed by atoms with Crippen molar-refractivity contribution in [1.29, 1.82) is 0 Å². The quantitative estimate of drug-likeness (QED) is 0.466. The smallest absolute Gasteiger partial charge is 0.241 e. The monoisotopic (exact) mass is 423 g/mol. The second kappa shape index (κ2) is 6.55. The first-order chi connectivity index (χ1) is 15.6. The first-order valence-corrected chi connectivity index (χ1v) is 10.4. The molecule has 1 aliphatic carbocycles. The lowest BCUT2D eigenvalue weighted by molar-refractivity contribution is -0.127. The summed E-state index contributed by atoms with van der Waals surface area (Å²) in [5, 5.41) is 0. The van der Waals surface area contributed by atoms with Crippen LogP contribution in [0.3, 0.4) is 0 Å². The van der Waals surface area contributed by atoms with Crippen LogP contribution >= 0.6 is 0 Å². The number of imide groups is 1. The van der Waals surface area contributed by atoms with E-state index in [1.807, 2.05) is 6.07 Å². The minimum Gasteiger partial charge on any atom is -0.349 e. The number of benzene rings is 3. The summed E-state index contributed by atoms with van der Waals surface area (Å²) in [5.41, 5.74) is -0.529. The van der Waals surface area contributed by atoms with Gasteiger partial charge >= 0.3 is 0 Å². The maximum absolute atomic E-state index is 13.7. The van der Waals surface area contributed by atoms with E-state index >= 15 is 0 Å². The lowest BCUT2D eigenvalue weighted by Gasteiger charge is -2.27. The first kappa shape index (κ1) is 18.8. The van der Waals surface area contributed by atoms with Crippen LogP contribution in [-0.4, -0.2) is 29.0 Å². The van der Waals surface area contributed by atoms with Crippen LogP contribution in [0.2, 0.25) is 0 Å². The third kappa shape index (κ3) is 2.22. The second-order valence-electron chi connectivity index (χ2n) is 8.24. The largest absolute Gasteiger partial charge is 0.349 e. The molecule has 6 rings (SSSR count). The molecule has 3 aromatic rings. The van der Waals surface area contributed by atoms with Crippen molar-refractivity contribution in [1.82, 2.24) is 0 Å². The number of rotatable bonds is 2. The molecule has 2 aliphatic heterocycles. The van der Waals surface area contributed by atoms with Crippen molar-refractivity contribution >= 4 is 29.1 Å². The fourth-order valence-electron chi connectivity index (χ4n) is 5.29. The van der Waals surface area contributed by atoms with Crippen molar-refractivity contribution in [2.24, 2.45) is 11.8 Å². The molecule has 3 atom stereocenters. The van der Waals surface area contributed by atoms with E-state index in [4.69, 9.17) is 4.74 Å². The Balaban J connectivity index is 1.56. The number of anilines is 1. The molecule has 0 saturated carbocycles. The Labute approximate surface area is 183 Å². The molecule has 6 heteroatoms. The van der Waals surface area contributed by atoms with E-state index in [2.05, 4.69) is 0 Å². The predicted octanol–water partition coefficient (Wildman–Crippen LogP) is 3.38. The first-order valence-electron chi connectivity index (χ1n) is 10.4. The number of para-hydroxylation sites is 1. The van der Waals surface area contributed by atoms with E-state index in [1.165, 1.54) is 0 Å². The highest BCUT2D eigenvalue weighted by atomic mass is 16.5. The number of hydrogen-bond acceptors (Lipinski definition) is 5. The van der Waals surface area contributed by atoms with E-state index in [1.54, 1.807) is 78.9 Å². The summed E-state index contributed by atoms with van der Waals surface area (Å²) in [5.74, 6) is -4.36. The highest BCUT2D eigenvalue weighted by Gasteiger charge is 2.74. The minimum atomic E-state index is -2.04. The summed E-state index contributed by atoms with van der Waals surface area (Å²) in [7, 11) is 0. The van der Waals surface area contributed by atoms with Crippen LogP contribution in [0.5, 0.6) is 0 Å². The topological polar surface area (TPSA) is 80.8 Å². The average Bonchev–Trinajstić information content (AvgIpc) is 3.40. The average molecular weight is 423 g/mol. The van der Waals surface area contributed by atoms with Crippen molar-refractivity contribution in [3.05, 3.63) is 102 Å². The van der Waals surface area contributed by atoms with Crippen LogP contribution in [0.25, 0.3) is 0 Å². The highest BCUT2D eigenvalue weighted by molar-refractivity contribution is 6.37. The maximum atomic E-state index is 13.7. The molecule has 0 unspecified atom stereocenters. The Kier molecular flexibility index (Phi) is 3.85. The number of amides is 2. The van der Waals surface area contributed by atoms with Crippen LogP contribution in [0.15, 0.2) is 84.9 Å². The van der Waals surface area contributed by atoms with Crippen LogP contribution in [-0.2, 0) is 14.3 Å². The molecule has 0 radical (unpaired) electrons. The number of ether oxygens (including phenoxy) is 1. The molecule has 0 bridgehead atoms. The van der Waals surface area contributed by atoms with Gasteiger partial charge in [0.2, 0.25) is 29.0 Å². The van der Waals surface area contributed by atoms with Crippen LogP contribution in [0.4, 0.5) is 5.69 Å². The number of nitrogens with zero attached hydrogens (tertiary/aromatic N) is 1. The van der Waals surface area contributed by atoms with Gasteiger partial charge in [0.1, 0.15) is 0 Å². The van der Waals surface area contributed by atoms with Gasteiger partial charge in [-0.2, -0.15) is 0 Å². The molecule has 32 heavy (non-hydrogen) atoms. The second-order valence-corrected chi connectivity index (χ2v) is 8.24. The van der Waals surface area contributed by atoms with Gasteiger partial charge in [-0.05, 0) is 17.7 Å². The van der Waals surface area contributed by atoms with Gasteiger partial charge in [-0.15, -0.1) is 0 Å². The molecular weight excluding hydrogens is 406 g/mol. The zero-order valence-electron chi connectivity index (χ0n) is 16.8. The molecular formula is C26H17NO5. The molecule has 6 nitrogen and oxygen atoms in total. The summed E-state index contributed by atoms with van der Waals surface area (Å²) in [6, 6.07) is 24.0. The van der Waals surface area contributed by atoms with Gasteiger partial charge in [0, 0.05) is 11.1 Å². The van der Waals surface area contributed by atoms with Crippen molar-refractivity contribution < 1.29 is 23.9 Å². The maximum Gasteiger partial charge on any atom is 0.241 e. The number of carbonyl (C=O) groups excluding carboxylic acids is 4. The number of fused-ring (bicyclic) bond motifs is 3. The zero-order chi connectivity index (χ0) is 22.0. The molecule has 3 aliphatic rings. The van der Waals surface area contributed by atoms with Gasteiger partial charge in [-0.3, -0.25) is 19.2 Å². The Morgan fingerprint density at radius 1 is 0.656 bits per heavy atom. The van der Waals surface area contributed by atoms with Gasteiger partial charge in [-0.1, -0.05) is 72.8 Å². The van der Waals surface area contributed by atoms with Gasteiger partial charge in [0.05, 0.1) is 23.6 Å². The summed E-state index contributed by atoms with van der Waals surface area (Å²) in [6.45, 7) is 0. The van der Waals surface area contributed by atoms with Crippen LogP contribution in [0.1, 0.15) is 32.4 Å². The lowest BCUT2D eigenvalue weighted by Crippen LogP contribution is -2.51.